The lowest BCUT2D eigenvalue weighted by Crippen LogP contribution is -2.47. The van der Waals surface area contributed by atoms with Crippen LogP contribution >= 0.6 is 11.6 Å². The van der Waals surface area contributed by atoms with E-state index >= 15 is 0 Å². The molecule has 9 nitrogen and oxygen atoms in total. The summed E-state index contributed by atoms with van der Waals surface area (Å²) in [6.07, 6.45) is 6.31. The fraction of sp³-hybridized carbons (Fsp3) is 0.656. The summed E-state index contributed by atoms with van der Waals surface area (Å²) in [5, 5.41) is 5.87. The van der Waals surface area contributed by atoms with Crippen LogP contribution in [0.4, 0.5) is 4.79 Å². The van der Waals surface area contributed by atoms with Gasteiger partial charge in [-0.15, -0.1) is 0 Å². The molecule has 0 radical (unpaired) electrons. The molecule has 2 aliphatic rings. The predicted octanol–water partition coefficient (Wildman–Crippen LogP) is 6.29. The third-order valence-electron chi connectivity index (χ3n) is 8.78. The molecule has 2 amide bonds. The van der Waals surface area contributed by atoms with Crippen molar-refractivity contribution in [3.63, 3.8) is 0 Å². The molecule has 1 aliphatic heterocycles. The van der Waals surface area contributed by atoms with Gasteiger partial charge in [-0.05, 0) is 77.5 Å². The van der Waals surface area contributed by atoms with Crippen LogP contribution in [0.3, 0.4) is 0 Å². The van der Waals surface area contributed by atoms with Crippen LogP contribution < -0.4 is 0 Å². The van der Waals surface area contributed by atoms with Gasteiger partial charge in [0.05, 0.1) is 24.1 Å². The van der Waals surface area contributed by atoms with E-state index in [9.17, 15) is 19.2 Å². The van der Waals surface area contributed by atoms with E-state index in [2.05, 4.69) is 5.10 Å². The van der Waals surface area contributed by atoms with Gasteiger partial charge in [0.2, 0.25) is 5.91 Å². The van der Waals surface area contributed by atoms with E-state index in [0.29, 0.717) is 29.2 Å². The van der Waals surface area contributed by atoms with E-state index in [0.717, 1.165) is 50.5 Å². The van der Waals surface area contributed by atoms with Gasteiger partial charge in [-0.3, -0.25) is 19.1 Å². The number of Topliss-reactive ketones (excluding diaryl/α,β-unsaturated/α-hetero) is 2. The van der Waals surface area contributed by atoms with Gasteiger partial charge in [-0.2, -0.15) is 5.10 Å². The lowest BCUT2D eigenvalue weighted by Gasteiger charge is -2.35. The summed E-state index contributed by atoms with van der Waals surface area (Å²) in [4.78, 5) is 56.1. The number of ketones is 2. The average Bonchev–Trinajstić information content (AvgIpc) is 3.54. The number of hydrogen-bond acceptors (Lipinski definition) is 6. The summed E-state index contributed by atoms with van der Waals surface area (Å²) in [6, 6.07) is 4.60. The van der Waals surface area contributed by atoms with Crippen molar-refractivity contribution in [2.45, 2.75) is 110 Å². The number of hydrogen-bond donors (Lipinski definition) is 0. The van der Waals surface area contributed by atoms with Crippen LogP contribution in [-0.4, -0.2) is 74.4 Å². The van der Waals surface area contributed by atoms with Crippen molar-refractivity contribution in [1.82, 2.24) is 19.6 Å². The second kappa shape index (κ2) is 13.1. The summed E-state index contributed by atoms with van der Waals surface area (Å²) in [6.45, 7) is 9.65. The summed E-state index contributed by atoms with van der Waals surface area (Å²) in [7, 11) is 1.57. The van der Waals surface area contributed by atoms with Crippen molar-refractivity contribution in [3.05, 3.63) is 28.9 Å². The highest BCUT2D eigenvalue weighted by Crippen LogP contribution is 2.36. The minimum absolute atomic E-state index is 0.0103. The molecule has 2 fully saturated rings. The Hall–Kier alpha value is -2.94. The topological polar surface area (TPSA) is 102 Å². The largest absolute Gasteiger partial charge is 0.444 e. The maximum atomic E-state index is 14.3. The fourth-order valence-corrected chi connectivity index (χ4v) is 6.54. The first-order valence-electron chi connectivity index (χ1n) is 15.2. The Labute approximate surface area is 253 Å². The number of likely N-dealkylation sites (tertiary alicyclic amines) is 1. The summed E-state index contributed by atoms with van der Waals surface area (Å²) < 4.78 is 7.28. The number of aromatic nitrogens is 2. The van der Waals surface area contributed by atoms with Gasteiger partial charge in [0.1, 0.15) is 11.3 Å². The van der Waals surface area contributed by atoms with E-state index in [-0.39, 0.29) is 35.9 Å². The number of likely N-dealkylation sites (N-methyl/N-ethyl adjacent to an activating group) is 1. The number of rotatable bonds is 9. The smallest absolute Gasteiger partial charge is 0.410 e. The molecule has 230 valence electrons. The van der Waals surface area contributed by atoms with E-state index in [1.165, 1.54) is 11.8 Å². The van der Waals surface area contributed by atoms with Crippen molar-refractivity contribution >= 4 is 46.1 Å². The maximum Gasteiger partial charge on any atom is 0.410 e. The molecule has 3 atom stereocenters. The standard InChI is InChI=1S/C32H45ClN4O5/c1-20(35(6)31(41)42-32(3,4)5)28(39)18-25(22-11-8-7-9-12-22)30(40)36-16-10-13-24(36)19-37-27-15-14-23(33)17-26(27)29(34-37)21(2)38/h14-15,17,20,22,24-25H,7-13,16,18-19H2,1-6H3/t20-,24-,25-/m0/s1. The minimum atomic E-state index is -0.708. The van der Waals surface area contributed by atoms with Gasteiger partial charge in [-0.1, -0.05) is 30.9 Å². The molecule has 0 N–H and O–H groups in total. The number of fused-ring (bicyclic) bond motifs is 1. The molecule has 1 aromatic carbocycles. The summed E-state index contributed by atoms with van der Waals surface area (Å²) in [5.74, 6) is -0.566. The number of carbonyl (C=O) groups excluding carboxylic acids is 4. The maximum absolute atomic E-state index is 14.3. The Morgan fingerprint density at radius 1 is 1.10 bits per heavy atom. The molecule has 1 saturated heterocycles. The molecule has 42 heavy (non-hydrogen) atoms. The molecule has 1 aliphatic carbocycles. The van der Waals surface area contributed by atoms with Crippen LogP contribution in [0.25, 0.3) is 10.9 Å². The van der Waals surface area contributed by atoms with Gasteiger partial charge in [0.15, 0.2) is 11.6 Å². The van der Waals surface area contributed by atoms with E-state index in [4.69, 9.17) is 16.3 Å². The lowest BCUT2D eigenvalue weighted by molar-refractivity contribution is -0.142. The van der Waals surface area contributed by atoms with Crippen LogP contribution in [0.2, 0.25) is 5.02 Å². The number of nitrogens with zero attached hydrogens (tertiary/aromatic N) is 4. The van der Waals surface area contributed by atoms with E-state index in [1.807, 2.05) is 15.6 Å². The Balaban J connectivity index is 1.54. The zero-order chi connectivity index (χ0) is 30.8. The quantitative estimate of drug-likeness (QED) is 0.313. The van der Waals surface area contributed by atoms with Crippen molar-refractivity contribution in [3.8, 4) is 0 Å². The Bertz CT molecular complexity index is 1330. The molecular weight excluding hydrogens is 556 g/mol. The molecule has 4 rings (SSSR count). The third-order valence-corrected chi connectivity index (χ3v) is 9.01. The van der Waals surface area contributed by atoms with E-state index < -0.39 is 23.7 Å². The highest BCUT2D eigenvalue weighted by Gasteiger charge is 2.40. The normalized spacial score (nSPS) is 19.5. The lowest BCUT2D eigenvalue weighted by atomic mass is 9.76. The fourth-order valence-electron chi connectivity index (χ4n) is 6.37. The molecule has 1 saturated carbocycles. The monoisotopic (exact) mass is 600 g/mol. The summed E-state index contributed by atoms with van der Waals surface area (Å²) in [5.41, 5.74) is 0.510. The molecule has 0 bridgehead atoms. The first kappa shape index (κ1) is 32.0. The highest BCUT2D eigenvalue weighted by molar-refractivity contribution is 6.31. The van der Waals surface area contributed by atoms with Crippen LogP contribution in [0.5, 0.6) is 0 Å². The zero-order valence-electron chi connectivity index (χ0n) is 25.8. The number of amides is 2. The van der Waals surface area contributed by atoms with E-state index in [1.54, 1.807) is 46.9 Å². The Morgan fingerprint density at radius 2 is 1.79 bits per heavy atom. The molecule has 10 heteroatoms. The number of benzene rings is 1. The van der Waals surface area contributed by atoms with Crippen molar-refractivity contribution in [2.24, 2.45) is 11.8 Å². The molecule has 2 aromatic rings. The highest BCUT2D eigenvalue weighted by atomic mass is 35.5. The third kappa shape index (κ3) is 7.33. The van der Waals surface area contributed by atoms with Crippen molar-refractivity contribution in [1.29, 1.82) is 0 Å². The zero-order valence-corrected chi connectivity index (χ0v) is 26.6. The number of halogens is 1. The van der Waals surface area contributed by atoms with Gasteiger partial charge in [0.25, 0.3) is 0 Å². The second-order valence-electron chi connectivity index (χ2n) is 13.0. The van der Waals surface area contributed by atoms with Crippen molar-refractivity contribution < 1.29 is 23.9 Å². The molecule has 0 spiro atoms. The van der Waals surface area contributed by atoms with Crippen LogP contribution in [-0.2, 0) is 20.9 Å². The first-order valence-corrected chi connectivity index (χ1v) is 15.6. The number of carbonyl (C=O) groups is 4. The first-order chi connectivity index (χ1) is 19.8. The predicted molar refractivity (Wildman–Crippen MR) is 163 cm³/mol. The van der Waals surface area contributed by atoms with Gasteiger partial charge < -0.3 is 14.5 Å². The minimum Gasteiger partial charge on any atom is -0.444 e. The van der Waals surface area contributed by atoms with Crippen LogP contribution in [0.15, 0.2) is 18.2 Å². The van der Waals surface area contributed by atoms with Gasteiger partial charge in [0, 0.05) is 43.3 Å². The molecule has 2 heterocycles. The Kier molecular flexibility index (Phi) is 10.0. The van der Waals surface area contributed by atoms with Crippen LogP contribution in [0, 0.1) is 11.8 Å². The van der Waals surface area contributed by atoms with Crippen LogP contribution in [0.1, 0.15) is 96.5 Å². The molecule has 1 aromatic heterocycles. The Morgan fingerprint density at radius 3 is 2.43 bits per heavy atom. The number of ether oxygens (including phenoxy) is 1. The molecular formula is C32H45ClN4O5. The van der Waals surface area contributed by atoms with Crippen molar-refractivity contribution in [2.75, 3.05) is 13.6 Å². The second-order valence-corrected chi connectivity index (χ2v) is 13.5. The SMILES string of the molecule is CC(=O)c1nn(C[C@@H]2CCCN2C(=O)[C@@H](CC(=O)[C@H](C)N(C)C(=O)OC(C)(C)C)C2CCCCC2)c2ccc(Cl)cc12. The average molecular weight is 601 g/mol. The molecule has 0 unspecified atom stereocenters. The van der Waals surface area contributed by atoms with Gasteiger partial charge in [-0.25, -0.2) is 4.79 Å². The van der Waals surface area contributed by atoms with Gasteiger partial charge >= 0.3 is 6.09 Å². The summed E-state index contributed by atoms with van der Waals surface area (Å²) >= 11 is 6.22.